The Balaban J connectivity index is 2.31. The molecular weight excluding hydrogens is 315 g/mol. The maximum absolute atomic E-state index is 12.7. The van der Waals surface area contributed by atoms with E-state index in [0.29, 0.717) is 18.4 Å². The molecule has 1 aromatic rings. The zero-order chi connectivity index (χ0) is 16.4. The lowest BCUT2D eigenvalue weighted by atomic mass is 9.84. The first-order valence-corrected chi connectivity index (χ1v) is 7.66. The number of alkyl halides is 3. The number of rotatable bonds is 3. The lowest BCUT2D eigenvalue weighted by Crippen LogP contribution is -2.87. The molecule has 0 aliphatic carbocycles. The molecule has 0 spiro atoms. The van der Waals surface area contributed by atoms with Crippen LogP contribution in [0.1, 0.15) is 30.9 Å². The van der Waals surface area contributed by atoms with Crippen molar-refractivity contribution in [2.24, 2.45) is 0 Å². The average Bonchev–Trinajstić information content (AvgIpc) is 2.47. The van der Waals surface area contributed by atoms with Gasteiger partial charge in [0.2, 0.25) is 0 Å². The van der Waals surface area contributed by atoms with Gasteiger partial charge in [0.15, 0.2) is 0 Å². The summed E-state index contributed by atoms with van der Waals surface area (Å²) in [5, 5.41) is 1.53. The topological polar surface area (TPSA) is 42.9 Å². The van der Waals surface area contributed by atoms with Gasteiger partial charge in [-0.1, -0.05) is 12.1 Å². The summed E-state index contributed by atoms with van der Waals surface area (Å²) in [5.74, 6) is -0.454. The van der Waals surface area contributed by atoms with Crippen LogP contribution in [0.2, 0.25) is 0 Å². The van der Waals surface area contributed by atoms with Crippen molar-refractivity contribution in [2.45, 2.75) is 36.8 Å². The van der Waals surface area contributed by atoms with Crippen LogP contribution in [0.25, 0.3) is 0 Å². The zero-order valence-electron chi connectivity index (χ0n) is 12.2. The second-order valence-electron chi connectivity index (χ2n) is 5.53. The molecular formula is C15H19F3NO2S+. The van der Waals surface area contributed by atoms with E-state index in [9.17, 15) is 18.0 Å². The van der Waals surface area contributed by atoms with Gasteiger partial charge < -0.3 is 10.1 Å². The number of halogens is 3. The number of carbonyl (C=O) groups is 1. The molecule has 1 aliphatic rings. The quantitative estimate of drug-likeness (QED) is 0.657. The second-order valence-corrected chi connectivity index (χ2v) is 6.31. The molecule has 122 valence electrons. The van der Waals surface area contributed by atoms with Gasteiger partial charge >= 0.3 is 12.1 Å². The largest absolute Gasteiger partial charge is 0.453 e. The molecule has 3 nitrogen and oxygen atoms in total. The molecule has 0 saturated carbocycles. The summed E-state index contributed by atoms with van der Waals surface area (Å²) in [6.45, 7) is 3.13. The van der Waals surface area contributed by atoms with Crippen molar-refractivity contribution in [2.75, 3.05) is 13.1 Å². The average molecular weight is 334 g/mol. The highest BCUT2D eigenvalue weighted by atomic mass is 32.1. The SMILES string of the molecule is CC(S)C(=O)OC1(c2ccc(C(F)(F)F)cc2)CC[NH2+]CC1. The number of hydrogen-bond donors (Lipinski definition) is 2. The Morgan fingerprint density at radius 3 is 2.27 bits per heavy atom. The molecule has 1 atom stereocenters. The number of piperidine rings is 1. The molecule has 2 N–H and O–H groups in total. The van der Waals surface area contributed by atoms with Crippen LogP contribution in [0.5, 0.6) is 0 Å². The third-order valence-electron chi connectivity index (χ3n) is 3.88. The summed E-state index contributed by atoms with van der Waals surface area (Å²) in [5.41, 5.74) is -0.953. The van der Waals surface area contributed by atoms with Gasteiger partial charge in [-0.3, -0.25) is 4.79 Å². The van der Waals surface area contributed by atoms with E-state index in [1.54, 1.807) is 6.92 Å². The highest BCUT2D eigenvalue weighted by molar-refractivity contribution is 7.81. The molecule has 22 heavy (non-hydrogen) atoms. The number of benzene rings is 1. The van der Waals surface area contributed by atoms with Gasteiger partial charge in [0, 0.05) is 12.8 Å². The molecule has 1 fully saturated rings. The second kappa shape index (κ2) is 6.50. The first-order valence-electron chi connectivity index (χ1n) is 7.15. The minimum absolute atomic E-state index is 0.454. The van der Waals surface area contributed by atoms with Crippen LogP contribution in [-0.2, 0) is 21.3 Å². The van der Waals surface area contributed by atoms with Gasteiger partial charge in [-0.25, -0.2) is 0 Å². The Morgan fingerprint density at radius 1 is 1.27 bits per heavy atom. The van der Waals surface area contributed by atoms with Crippen LogP contribution < -0.4 is 5.32 Å². The van der Waals surface area contributed by atoms with Crippen LogP contribution >= 0.6 is 12.6 Å². The normalized spacial score (nSPS) is 19.5. The summed E-state index contributed by atoms with van der Waals surface area (Å²) in [7, 11) is 0. The van der Waals surface area contributed by atoms with E-state index in [0.717, 1.165) is 25.2 Å². The molecule has 0 radical (unpaired) electrons. The first kappa shape index (κ1) is 17.1. The van der Waals surface area contributed by atoms with Crippen molar-refractivity contribution in [3.8, 4) is 0 Å². The Bertz CT molecular complexity index is 523. The van der Waals surface area contributed by atoms with E-state index in [1.165, 1.54) is 12.1 Å². The number of esters is 1. The molecule has 7 heteroatoms. The van der Waals surface area contributed by atoms with E-state index in [-0.39, 0.29) is 0 Å². The number of thiol groups is 1. The summed E-state index contributed by atoms with van der Waals surface area (Å²) in [6, 6.07) is 4.88. The van der Waals surface area contributed by atoms with Crippen molar-refractivity contribution >= 4 is 18.6 Å². The molecule has 0 aromatic heterocycles. The first-order chi connectivity index (χ1) is 10.2. The fraction of sp³-hybridized carbons (Fsp3) is 0.533. The fourth-order valence-corrected chi connectivity index (χ4v) is 2.68. The summed E-state index contributed by atoms with van der Waals surface area (Å²) < 4.78 is 43.7. The van der Waals surface area contributed by atoms with E-state index >= 15 is 0 Å². The standard InChI is InChI=1S/C15H18F3NO2S/c1-10(22)13(20)21-14(6-8-19-9-7-14)11-2-4-12(5-3-11)15(16,17)18/h2-5,10,19,22H,6-9H2,1H3/p+1. The Morgan fingerprint density at radius 2 is 1.82 bits per heavy atom. The summed E-state index contributed by atoms with van der Waals surface area (Å²) >= 11 is 4.07. The summed E-state index contributed by atoms with van der Waals surface area (Å²) in [4.78, 5) is 11.9. The van der Waals surface area contributed by atoms with Gasteiger partial charge in [-0.05, 0) is 24.6 Å². The van der Waals surface area contributed by atoms with Crippen LogP contribution in [0.3, 0.4) is 0 Å². The van der Waals surface area contributed by atoms with Gasteiger partial charge in [-0.2, -0.15) is 25.8 Å². The van der Waals surface area contributed by atoms with Gasteiger partial charge in [0.05, 0.1) is 23.9 Å². The highest BCUT2D eigenvalue weighted by Crippen LogP contribution is 2.36. The van der Waals surface area contributed by atoms with Gasteiger partial charge in [0.1, 0.15) is 5.60 Å². The molecule has 0 amide bonds. The van der Waals surface area contributed by atoms with Crippen molar-refractivity contribution in [1.29, 1.82) is 0 Å². The number of quaternary nitrogens is 1. The minimum atomic E-state index is -4.37. The number of ether oxygens (including phenoxy) is 1. The van der Waals surface area contributed by atoms with E-state index in [1.807, 2.05) is 0 Å². The van der Waals surface area contributed by atoms with Crippen molar-refractivity contribution < 1.29 is 28.0 Å². The predicted molar refractivity (Wildman–Crippen MR) is 78.6 cm³/mol. The fourth-order valence-electron chi connectivity index (χ4n) is 2.63. The monoisotopic (exact) mass is 334 g/mol. The lowest BCUT2D eigenvalue weighted by molar-refractivity contribution is -0.668. The molecule has 2 rings (SSSR count). The van der Waals surface area contributed by atoms with Gasteiger partial charge in [-0.15, -0.1) is 0 Å². The van der Waals surface area contributed by atoms with E-state index < -0.39 is 28.6 Å². The summed E-state index contributed by atoms with van der Waals surface area (Å²) in [6.07, 6.45) is -3.22. The van der Waals surface area contributed by atoms with Gasteiger partial charge in [0.25, 0.3) is 0 Å². The van der Waals surface area contributed by atoms with Crippen LogP contribution in [0.15, 0.2) is 24.3 Å². The Kier molecular flexibility index (Phi) is 5.07. The molecule has 1 heterocycles. The van der Waals surface area contributed by atoms with Crippen LogP contribution in [0.4, 0.5) is 13.2 Å². The van der Waals surface area contributed by atoms with Crippen molar-refractivity contribution in [3.05, 3.63) is 35.4 Å². The number of hydrogen-bond acceptors (Lipinski definition) is 3. The smallest absolute Gasteiger partial charge is 0.416 e. The van der Waals surface area contributed by atoms with Crippen LogP contribution in [-0.4, -0.2) is 24.3 Å². The van der Waals surface area contributed by atoms with Crippen molar-refractivity contribution in [3.63, 3.8) is 0 Å². The maximum atomic E-state index is 12.7. The number of nitrogens with two attached hydrogens (primary N) is 1. The van der Waals surface area contributed by atoms with E-state index in [2.05, 4.69) is 17.9 Å². The number of carbonyl (C=O) groups excluding carboxylic acids is 1. The lowest BCUT2D eigenvalue weighted by Gasteiger charge is -2.36. The molecule has 1 aromatic carbocycles. The Labute approximate surface area is 132 Å². The third-order valence-corrected chi connectivity index (χ3v) is 4.09. The Hall–Kier alpha value is -1.21. The van der Waals surface area contributed by atoms with Crippen LogP contribution in [0, 0.1) is 0 Å². The van der Waals surface area contributed by atoms with Crippen molar-refractivity contribution in [1.82, 2.24) is 0 Å². The minimum Gasteiger partial charge on any atom is -0.453 e. The third kappa shape index (κ3) is 3.76. The van der Waals surface area contributed by atoms with E-state index in [4.69, 9.17) is 4.74 Å². The maximum Gasteiger partial charge on any atom is 0.416 e. The highest BCUT2D eigenvalue weighted by Gasteiger charge is 2.41. The molecule has 1 saturated heterocycles. The zero-order valence-corrected chi connectivity index (χ0v) is 13.1. The predicted octanol–water partition coefficient (Wildman–Crippen LogP) is 2.12. The molecule has 0 bridgehead atoms. The molecule has 1 aliphatic heterocycles. The molecule has 1 unspecified atom stereocenters.